The zero-order valence-electron chi connectivity index (χ0n) is 18.2. The zero-order valence-corrected chi connectivity index (χ0v) is 18.2. The molecule has 2 aliphatic heterocycles. The van der Waals surface area contributed by atoms with E-state index in [9.17, 15) is 9.59 Å². The molecule has 3 fully saturated rings. The molecule has 5 rings (SSSR count). The van der Waals surface area contributed by atoms with Crippen LogP contribution in [0.2, 0.25) is 0 Å². The molecule has 1 unspecified atom stereocenters. The van der Waals surface area contributed by atoms with Crippen LogP contribution in [-0.2, 0) is 16.6 Å². The van der Waals surface area contributed by atoms with Gasteiger partial charge in [0.05, 0.1) is 17.1 Å². The summed E-state index contributed by atoms with van der Waals surface area (Å²) >= 11 is 0. The first-order valence-corrected chi connectivity index (χ1v) is 11.5. The van der Waals surface area contributed by atoms with Crippen molar-refractivity contribution in [2.75, 3.05) is 31.1 Å². The molecule has 2 saturated heterocycles. The molecule has 8 heteroatoms. The third-order valence-corrected chi connectivity index (χ3v) is 7.37. The number of hydrogen-bond donors (Lipinski definition) is 2. The molecule has 1 aliphatic carbocycles. The number of anilines is 1. The molecule has 0 radical (unpaired) electrons. The van der Waals surface area contributed by atoms with Crippen LogP contribution >= 0.6 is 0 Å². The highest BCUT2D eigenvalue weighted by molar-refractivity contribution is 6.02. The van der Waals surface area contributed by atoms with Gasteiger partial charge in [-0.25, -0.2) is 0 Å². The highest BCUT2D eigenvalue weighted by Gasteiger charge is 2.32. The Labute approximate surface area is 182 Å². The fourth-order valence-electron chi connectivity index (χ4n) is 5.49. The molecule has 1 saturated carbocycles. The number of imide groups is 1. The number of fused-ring (bicyclic) bond motifs is 1. The largest absolute Gasteiger partial charge is 0.369 e. The van der Waals surface area contributed by atoms with Crippen LogP contribution in [0, 0.1) is 0 Å². The minimum atomic E-state index is -0.362. The number of nitrogens with one attached hydrogen (secondary N) is 1. The van der Waals surface area contributed by atoms with E-state index in [4.69, 9.17) is 5.73 Å². The van der Waals surface area contributed by atoms with Crippen molar-refractivity contribution in [3.05, 3.63) is 23.9 Å². The van der Waals surface area contributed by atoms with Crippen LogP contribution in [0.25, 0.3) is 10.9 Å². The number of rotatable bonds is 3. The molecular weight excluding hydrogens is 392 g/mol. The highest BCUT2D eigenvalue weighted by atomic mass is 16.2. The molecule has 166 valence electrons. The number of carbonyl (C=O) groups is 2. The average Bonchev–Trinajstić information content (AvgIpc) is 3.10. The minimum Gasteiger partial charge on any atom is -0.369 e. The fraction of sp³-hybridized carbons (Fsp3) is 0.609. The SMILES string of the molecule is Cn1nc(C2CCC(=O)NC2=O)c2ccc(N3CCN([C@H]4CC[C@H](N)CC4)CC3)cc21. The quantitative estimate of drug-likeness (QED) is 0.725. The first-order valence-electron chi connectivity index (χ1n) is 11.5. The molecule has 1 atom stereocenters. The molecule has 0 spiro atoms. The summed E-state index contributed by atoms with van der Waals surface area (Å²) < 4.78 is 1.86. The standard InChI is InChI=1S/C23H32N6O2/c1-27-20-14-17(29-12-10-28(11-13-29)16-4-2-15(24)3-5-16)6-7-18(20)22(26-27)19-8-9-21(30)25-23(19)31/h6-7,14-16,19H,2-5,8-13,24H2,1H3,(H,25,30,31)/t15-,16-,19?. The lowest BCUT2D eigenvalue weighted by Gasteiger charge is -2.42. The van der Waals surface area contributed by atoms with Gasteiger partial charge in [-0.2, -0.15) is 5.10 Å². The predicted molar refractivity (Wildman–Crippen MR) is 120 cm³/mol. The van der Waals surface area contributed by atoms with E-state index in [2.05, 4.69) is 38.4 Å². The summed E-state index contributed by atoms with van der Waals surface area (Å²) in [7, 11) is 1.92. The summed E-state index contributed by atoms with van der Waals surface area (Å²) in [6, 6.07) is 7.51. The number of nitrogens with zero attached hydrogens (tertiary/aromatic N) is 4. The van der Waals surface area contributed by atoms with Gasteiger partial charge in [-0.15, -0.1) is 0 Å². The first kappa shape index (κ1) is 20.5. The summed E-state index contributed by atoms with van der Waals surface area (Å²) in [6.07, 6.45) is 5.64. The van der Waals surface area contributed by atoms with Gasteiger partial charge in [0.15, 0.2) is 0 Å². The third-order valence-electron chi connectivity index (χ3n) is 7.37. The maximum Gasteiger partial charge on any atom is 0.235 e. The Morgan fingerprint density at radius 2 is 1.77 bits per heavy atom. The van der Waals surface area contributed by atoms with Gasteiger partial charge in [0.1, 0.15) is 0 Å². The van der Waals surface area contributed by atoms with Crippen LogP contribution < -0.4 is 16.0 Å². The number of nitrogens with two attached hydrogens (primary N) is 1. The van der Waals surface area contributed by atoms with Crippen LogP contribution in [0.3, 0.4) is 0 Å². The van der Waals surface area contributed by atoms with Crippen LogP contribution in [-0.4, -0.2) is 64.8 Å². The molecule has 31 heavy (non-hydrogen) atoms. The number of benzene rings is 1. The van der Waals surface area contributed by atoms with Gasteiger partial charge in [-0.05, 0) is 50.3 Å². The third kappa shape index (κ3) is 3.94. The van der Waals surface area contributed by atoms with E-state index < -0.39 is 0 Å². The number of carbonyl (C=O) groups excluding carboxylic acids is 2. The number of piperidine rings is 1. The predicted octanol–water partition coefficient (Wildman–Crippen LogP) is 1.49. The Morgan fingerprint density at radius 3 is 2.48 bits per heavy atom. The second-order valence-corrected chi connectivity index (χ2v) is 9.31. The van der Waals surface area contributed by atoms with E-state index in [1.807, 2.05) is 11.7 Å². The normalized spacial score (nSPS) is 28.2. The van der Waals surface area contributed by atoms with Crippen molar-refractivity contribution >= 4 is 28.4 Å². The topological polar surface area (TPSA) is 96.5 Å². The van der Waals surface area contributed by atoms with E-state index >= 15 is 0 Å². The van der Waals surface area contributed by atoms with Gasteiger partial charge >= 0.3 is 0 Å². The Balaban J connectivity index is 1.30. The molecule has 3 N–H and O–H groups in total. The lowest BCUT2D eigenvalue weighted by Crippen LogP contribution is -2.51. The fourth-order valence-corrected chi connectivity index (χ4v) is 5.49. The molecule has 3 aliphatic rings. The number of aryl methyl sites for hydroxylation is 1. The van der Waals surface area contributed by atoms with Crippen molar-refractivity contribution in [1.82, 2.24) is 20.0 Å². The molecule has 0 bridgehead atoms. The van der Waals surface area contributed by atoms with Crippen molar-refractivity contribution in [3.8, 4) is 0 Å². The zero-order chi connectivity index (χ0) is 21.5. The van der Waals surface area contributed by atoms with Gasteiger partial charge in [0.25, 0.3) is 0 Å². The molecule has 8 nitrogen and oxygen atoms in total. The van der Waals surface area contributed by atoms with Gasteiger partial charge in [-0.3, -0.25) is 24.5 Å². The van der Waals surface area contributed by atoms with Gasteiger partial charge in [0, 0.05) is 62.8 Å². The number of hydrogen-bond acceptors (Lipinski definition) is 6. The Kier molecular flexibility index (Phi) is 5.44. The number of amides is 2. The second-order valence-electron chi connectivity index (χ2n) is 9.31. The molecule has 3 heterocycles. The van der Waals surface area contributed by atoms with Crippen LogP contribution in [0.1, 0.15) is 50.1 Å². The first-order chi connectivity index (χ1) is 15.0. The molecule has 1 aromatic heterocycles. The number of aromatic nitrogens is 2. The van der Waals surface area contributed by atoms with E-state index in [0.717, 1.165) is 55.6 Å². The maximum atomic E-state index is 12.4. The van der Waals surface area contributed by atoms with Crippen molar-refractivity contribution in [1.29, 1.82) is 0 Å². The average molecular weight is 425 g/mol. The molecule has 2 amide bonds. The van der Waals surface area contributed by atoms with Gasteiger partial charge in [-0.1, -0.05) is 0 Å². The van der Waals surface area contributed by atoms with Crippen LogP contribution in [0.4, 0.5) is 5.69 Å². The van der Waals surface area contributed by atoms with Crippen molar-refractivity contribution in [2.45, 2.75) is 56.5 Å². The lowest BCUT2D eigenvalue weighted by molar-refractivity contribution is -0.134. The maximum absolute atomic E-state index is 12.4. The highest BCUT2D eigenvalue weighted by Crippen LogP contribution is 2.33. The van der Waals surface area contributed by atoms with E-state index in [1.165, 1.54) is 18.5 Å². The van der Waals surface area contributed by atoms with Gasteiger partial charge < -0.3 is 10.6 Å². The summed E-state index contributed by atoms with van der Waals surface area (Å²) in [5.74, 6) is -0.793. The smallest absolute Gasteiger partial charge is 0.235 e. The summed E-state index contributed by atoms with van der Waals surface area (Å²) in [6.45, 7) is 4.22. The van der Waals surface area contributed by atoms with Crippen molar-refractivity contribution < 1.29 is 9.59 Å². The molecule has 2 aromatic rings. The molecular formula is C23H32N6O2. The summed E-state index contributed by atoms with van der Waals surface area (Å²) in [5.41, 5.74) is 9.08. The Hall–Kier alpha value is -2.45. The van der Waals surface area contributed by atoms with Gasteiger partial charge in [0.2, 0.25) is 11.8 Å². The van der Waals surface area contributed by atoms with Crippen molar-refractivity contribution in [2.24, 2.45) is 12.8 Å². The van der Waals surface area contributed by atoms with E-state index in [1.54, 1.807) is 0 Å². The number of piperazine rings is 1. The Morgan fingerprint density at radius 1 is 1.03 bits per heavy atom. The molecule has 1 aromatic carbocycles. The van der Waals surface area contributed by atoms with E-state index in [-0.39, 0.29) is 17.7 Å². The van der Waals surface area contributed by atoms with E-state index in [0.29, 0.717) is 24.9 Å². The Bertz CT molecular complexity index is 985. The summed E-state index contributed by atoms with van der Waals surface area (Å²) in [5, 5.41) is 8.11. The minimum absolute atomic E-state index is 0.195. The van der Waals surface area contributed by atoms with Crippen LogP contribution in [0.15, 0.2) is 18.2 Å². The summed E-state index contributed by atoms with van der Waals surface area (Å²) in [4.78, 5) is 28.9. The van der Waals surface area contributed by atoms with Crippen LogP contribution in [0.5, 0.6) is 0 Å². The van der Waals surface area contributed by atoms with Crippen molar-refractivity contribution in [3.63, 3.8) is 0 Å². The second kappa shape index (κ2) is 8.24. The monoisotopic (exact) mass is 424 g/mol. The lowest BCUT2D eigenvalue weighted by atomic mass is 9.90.